The molecule has 17 heavy (non-hydrogen) atoms. The number of hydrogen-bond acceptors (Lipinski definition) is 3. The van der Waals surface area contributed by atoms with E-state index in [4.69, 9.17) is 23.1 Å². The second-order valence-electron chi connectivity index (χ2n) is 3.60. The summed E-state index contributed by atoms with van der Waals surface area (Å²) in [5.41, 5.74) is 14.1. The zero-order valence-electron chi connectivity index (χ0n) is 8.95. The van der Waals surface area contributed by atoms with Crippen LogP contribution in [0.2, 0.25) is 5.15 Å². The maximum Gasteiger partial charge on any atom is 0.129 e. The van der Waals surface area contributed by atoms with Gasteiger partial charge in [0.25, 0.3) is 0 Å². The number of aromatic nitrogens is 1. The van der Waals surface area contributed by atoms with Crippen molar-refractivity contribution in [2.75, 3.05) is 5.73 Å². The fourth-order valence-corrected chi connectivity index (χ4v) is 1.83. The van der Waals surface area contributed by atoms with Crippen LogP contribution in [-0.2, 0) is 6.54 Å². The molecule has 0 aliphatic carbocycles. The Balaban J connectivity index is 2.63. The van der Waals surface area contributed by atoms with E-state index in [2.05, 4.69) is 4.98 Å². The van der Waals surface area contributed by atoms with E-state index in [0.29, 0.717) is 22.0 Å². The molecular weight excluding hydrogens is 241 g/mol. The molecule has 0 aliphatic heterocycles. The second kappa shape index (κ2) is 4.69. The van der Waals surface area contributed by atoms with E-state index < -0.39 is 0 Å². The van der Waals surface area contributed by atoms with Gasteiger partial charge in [0, 0.05) is 12.1 Å². The third-order valence-corrected chi connectivity index (χ3v) is 2.69. The van der Waals surface area contributed by atoms with Crippen molar-refractivity contribution in [3.8, 4) is 11.1 Å². The number of nitrogens with zero attached hydrogens (tertiary/aromatic N) is 1. The Hall–Kier alpha value is -1.65. The van der Waals surface area contributed by atoms with Crippen LogP contribution in [0.5, 0.6) is 0 Å². The summed E-state index contributed by atoms with van der Waals surface area (Å²) < 4.78 is 13.1. The van der Waals surface area contributed by atoms with Crippen molar-refractivity contribution in [2.24, 2.45) is 5.73 Å². The molecule has 0 atom stereocenters. The number of pyridine rings is 1. The Labute approximate surface area is 103 Å². The summed E-state index contributed by atoms with van der Waals surface area (Å²) in [6, 6.07) is 6.04. The van der Waals surface area contributed by atoms with Gasteiger partial charge in [0.2, 0.25) is 0 Å². The predicted octanol–water partition coefficient (Wildman–Crippen LogP) is 2.58. The van der Waals surface area contributed by atoms with Gasteiger partial charge in [0.15, 0.2) is 0 Å². The van der Waals surface area contributed by atoms with Gasteiger partial charge in [-0.3, -0.25) is 0 Å². The van der Waals surface area contributed by atoms with Crippen LogP contribution < -0.4 is 11.5 Å². The summed E-state index contributed by atoms with van der Waals surface area (Å²) in [4.78, 5) is 3.87. The van der Waals surface area contributed by atoms with Gasteiger partial charge in [0.05, 0.1) is 11.9 Å². The fraction of sp³-hybridized carbons (Fsp3) is 0.0833. The van der Waals surface area contributed by atoms with Crippen LogP contribution >= 0.6 is 11.6 Å². The quantitative estimate of drug-likeness (QED) is 0.807. The summed E-state index contributed by atoms with van der Waals surface area (Å²) in [7, 11) is 0. The van der Waals surface area contributed by atoms with Gasteiger partial charge < -0.3 is 11.5 Å². The average molecular weight is 252 g/mol. The number of benzene rings is 1. The zero-order valence-corrected chi connectivity index (χ0v) is 9.71. The van der Waals surface area contributed by atoms with E-state index in [1.807, 2.05) is 0 Å². The Morgan fingerprint density at radius 2 is 2.00 bits per heavy atom. The number of anilines is 1. The first kappa shape index (κ1) is 11.8. The third-order valence-electron chi connectivity index (χ3n) is 2.48. The molecule has 3 nitrogen and oxygen atoms in total. The molecular formula is C12H11ClFN3. The maximum atomic E-state index is 13.1. The molecule has 0 radical (unpaired) electrons. The van der Waals surface area contributed by atoms with Gasteiger partial charge in [-0.1, -0.05) is 17.7 Å². The molecule has 1 aromatic carbocycles. The molecule has 0 unspecified atom stereocenters. The monoisotopic (exact) mass is 251 g/mol. The Bertz CT molecular complexity index is 557. The van der Waals surface area contributed by atoms with E-state index in [9.17, 15) is 4.39 Å². The topological polar surface area (TPSA) is 64.9 Å². The number of nitrogen functional groups attached to an aromatic ring is 1. The highest BCUT2D eigenvalue weighted by Gasteiger charge is 2.09. The van der Waals surface area contributed by atoms with Crippen LogP contribution in [0.1, 0.15) is 5.56 Å². The van der Waals surface area contributed by atoms with Crippen molar-refractivity contribution >= 4 is 17.3 Å². The molecule has 1 heterocycles. The van der Waals surface area contributed by atoms with Crippen molar-refractivity contribution in [1.29, 1.82) is 0 Å². The van der Waals surface area contributed by atoms with E-state index in [0.717, 1.165) is 5.56 Å². The van der Waals surface area contributed by atoms with Crippen LogP contribution in [0.15, 0.2) is 30.5 Å². The van der Waals surface area contributed by atoms with Crippen LogP contribution in [0.25, 0.3) is 11.1 Å². The molecule has 2 rings (SSSR count). The van der Waals surface area contributed by atoms with Gasteiger partial charge in [-0.2, -0.15) is 0 Å². The van der Waals surface area contributed by atoms with Crippen molar-refractivity contribution in [2.45, 2.75) is 6.54 Å². The minimum absolute atomic E-state index is 0.229. The van der Waals surface area contributed by atoms with Crippen LogP contribution in [0, 0.1) is 5.82 Å². The van der Waals surface area contributed by atoms with E-state index in [1.165, 1.54) is 18.3 Å². The van der Waals surface area contributed by atoms with Crippen LogP contribution in [0.3, 0.4) is 0 Å². The highest BCUT2D eigenvalue weighted by Crippen LogP contribution is 2.30. The zero-order chi connectivity index (χ0) is 12.4. The van der Waals surface area contributed by atoms with Crippen molar-refractivity contribution < 1.29 is 4.39 Å². The molecule has 0 aliphatic rings. The summed E-state index contributed by atoms with van der Waals surface area (Å²) >= 11 is 5.82. The minimum atomic E-state index is -0.326. The molecule has 0 bridgehead atoms. The predicted molar refractivity (Wildman–Crippen MR) is 66.9 cm³/mol. The molecule has 1 aromatic heterocycles. The van der Waals surface area contributed by atoms with E-state index in [1.54, 1.807) is 12.1 Å². The summed E-state index contributed by atoms with van der Waals surface area (Å²) in [5, 5.41) is 0.335. The smallest absolute Gasteiger partial charge is 0.129 e. The number of halogens is 2. The van der Waals surface area contributed by atoms with Gasteiger partial charge in [0.1, 0.15) is 11.0 Å². The molecule has 0 saturated heterocycles. The number of nitrogens with two attached hydrogens (primary N) is 2. The van der Waals surface area contributed by atoms with Crippen molar-refractivity contribution in [1.82, 2.24) is 4.98 Å². The lowest BCUT2D eigenvalue weighted by atomic mass is 9.99. The van der Waals surface area contributed by atoms with Crippen LogP contribution in [-0.4, -0.2) is 4.98 Å². The SMILES string of the molecule is NCc1cc(F)ccc1-c1cc(Cl)ncc1N. The molecule has 88 valence electrons. The first-order chi connectivity index (χ1) is 8.11. The lowest BCUT2D eigenvalue weighted by Crippen LogP contribution is -2.01. The molecule has 2 aromatic rings. The van der Waals surface area contributed by atoms with Crippen molar-refractivity contribution in [3.63, 3.8) is 0 Å². The molecule has 0 fully saturated rings. The summed E-state index contributed by atoms with van der Waals surface area (Å²) in [5.74, 6) is -0.326. The minimum Gasteiger partial charge on any atom is -0.397 e. The van der Waals surface area contributed by atoms with Gasteiger partial charge in [-0.05, 0) is 29.3 Å². The normalized spacial score (nSPS) is 10.5. The Morgan fingerprint density at radius 1 is 1.24 bits per heavy atom. The molecule has 5 heteroatoms. The second-order valence-corrected chi connectivity index (χ2v) is 3.99. The van der Waals surface area contributed by atoms with Gasteiger partial charge in [-0.15, -0.1) is 0 Å². The highest BCUT2D eigenvalue weighted by molar-refractivity contribution is 6.29. The van der Waals surface area contributed by atoms with E-state index in [-0.39, 0.29) is 12.4 Å². The van der Waals surface area contributed by atoms with Crippen LogP contribution in [0.4, 0.5) is 10.1 Å². The molecule has 0 amide bonds. The Morgan fingerprint density at radius 3 is 2.71 bits per heavy atom. The molecule has 4 N–H and O–H groups in total. The lowest BCUT2D eigenvalue weighted by molar-refractivity contribution is 0.625. The summed E-state index contributed by atoms with van der Waals surface area (Å²) in [6.07, 6.45) is 1.47. The fourth-order valence-electron chi connectivity index (χ4n) is 1.67. The summed E-state index contributed by atoms with van der Waals surface area (Å²) in [6.45, 7) is 0.229. The first-order valence-electron chi connectivity index (χ1n) is 5.01. The van der Waals surface area contributed by atoms with Crippen molar-refractivity contribution in [3.05, 3.63) is 47.0 Å². The molecule has 0 saturated carbocycles. The maximum absolute atomic E-state index is 13.1. The molecule has 0 spiro atoms. The Kier molecular flexibility index (Phi) is 3.26. The standard InChI is InChI=1S/C12H11ClFN3/c13-12-4-10(11(16)6-17-12)9-2-1-8(14)3-7(9)5-15/h1-4,6H,5,15-16H2. The number of rotatable bonds is 2. The van der Waals surface area contributed by atoms with Gasteiger partial charge in [-0.25, -0.2) is 9.37 Å². The van der Waals surface area contributed by atoms with E-state index >= 15 is 0 Å². The van der Waals surface area contributed by atoms with Gasteiger partial charge >= 0.3 is 0 Å². The highest BCUT2D eigenvalue weighted by atomic mass is 35.5. The average Bonchev–Trinajstić information content (AvgIpc) is 2.32. The lowest BCUT2D eigenvalue weighted by Gasteiger charge is -2.10. The third kappa shape index (κ3) is 2.38. The first-order valence-corrected chi connectivity index (χ1v) is 5.39. The largest absolute Gasteiger partial charge is 0.397 e. The number of hydrogen-bond donors (Lipinski definition) is 2.